The van der Waals surface area contributed by atoms with Crippen molar-refractivity contribution in [2.24, 2.45) is 0 Å². The van der Waals surface area contributed by atoms with E-state index >= 15 is 0 Å². The second-order valence-electron chi connectivity index (χ2n) is 12.7. The number of piperidine rings is 1. The standard InChI is InChI=1S/C32H34ClF3N6O4/c1-30(2,3)46-28(43)41-17-22(21-11-12-24(33)39-26(21)41)25-23(32(34,35)36)15-37-27(40-25)38-20-13-14-31(4,5)42(16-20)29(44)45-18-19-9-7-6-8-10-19/h6-12,15,17,20H,13-14,16,18H2,1-5H3,(H,37,38,40)/t20-/m0/s1. The molecule has 3 aromatic heterocycles. The second-order valence-corrected chi connectivity index (χ2v) is 13.1. The molecule has 1 atom stereocenters. The first-order valence-corrected chi connectivity index (χ1v) is 15.0. The molecule has 14 heteroatoms. The summed E-state index contributed by atoms with van der Waals surface area (Å²) >= 11 is 6.10. The van der Waals surface area contributed by atoms with Crippen LogP contribution in [0, 0.1) is 0 Å². The molecule has 0 radical (unpaired) electrons. The Morgan fingerprint density at radius 2 is 1.78 bits per heavy atom. The van der Waals surface area contributed by atoms with Crippen molar-refractivity contribution in [1.82, 2.24) is 24.4 Å². The highest BCUT2D eigenvalue weighted by atomic mass is 35.5. The first kappa shape index (κ1) is 33.0. The van der Waals surface area contributed by atoms with Crippen LogP contribution in [0.25, 0.3) is 22.3 Å². The third-order valence-electron chi connectivity index (χ3n) is 7.55. The quantitative estimate of drug-likeness (QED) is 0.215. The fourth-order valence-electron chi connectivity index (χ4n) is 5.22. The third kappa shape index (κ3) is 7.35. The molecule has 1 saturated heterocycles. The molecule has 10 nitrogen and oxygen atoms in total. The lowest BCUT2D eigenvalue weighted by atomic mass is 9.88. The molecule has 4 heterocycles. The summed E-state index contributed by atoms with van der Waals surface area (Å²) < 4.78 is 55.0. The van der Waals surface area contributed by atoms with Crippen LogP contribution in [0.1, 0.15) is 58.6 Å². The summed E-state index contributed by atoms with van der Waals surface area (Å²) in [6.07, 6.45) is -3.08. The summed E-state index contributed by atoms with van der Waals surface area (Å²) in [5.41, 5.74) is -2.13. The summed E-state index contributed by atoms with van der Waals surface area (Å²) in [6, 6.07) is 11.8. The van der Waals surface area contributed by atoms with Gasteiger partial charge in [-0.05, 0) is 65.2 Å². The largest absolute Gasteiger partial charge is 0.445 e. The van der Waals surface area contributed by atoms with Gasteiger partial charge in [-0.3, -0.25) is 0 Å². The predicted molar refractivity (Wildman–Crippen MR) is 166 cm³/mol. The van der Waals surface area contributed by atoms with Crippen LogP contribution in [0.2, 0.25) is 5.15 Å². The van der Waals surface area contributed by atoms with E-state index in [1.165, 1.54) is 18.3 Å². The number of amides is 1. The Kier molecular flexibility index (Phi) is 8.91. The number of nitrogens with one attached hydrogen (secondary N) is 1. The average Bonchev–Trinajstić information content (AvgIpc) is 3.34. The Bertz CT molecular complexity index is 1750. The maximum atomic E-state index is 14.3. The topological polar surface area (TPSA) is 111 Å². The van der Waals surface area contributed by atoms with E-state index in [1.54, 1.807) is 25.7 Å². The summed E-state index contributed by atoms with van der Waals surface area (Å²) in [7, 11) is 0. The van der Waals surface area contributed by atoms with Gasteiger partial charge in [-0.25, -0.2) is 29.1 Å². The number of fused-ring (bicyclic) bond motifs is 1. The van der Waals surface area contributed by atoms with E-state index in [2.05, 4.69) is 20.3 Å². The van der Waals surface area contributed by atoms with Crippen molar-refractivity contribution in [1.29, 1.82) is 0 Å². The number of anilines is 1. The first-order valence-electron chi connectivity index (χ1n) is 14.6. The molecule has 0 aliphatic carbocycles. The minimum absolute atomic E-state index is 0.0113. The first-order chi connectivity index (χ1) is 21.5. The van der Waals surface area contributed by atoms with Gasteiger partial charge in [-0.1, -0.05) is 41.9 Å². The number of aromatic nitrogens is 4. The van der Waals surface area contributed by atoms with Gasteiger partial charge >= 0.3 is 18.4 Å². The molecule has 46 heavy (non-hydrogen) atoms. The van der Waals surface area contributed by atoms with Crippen molar-refractivity contribution in [3.63, 3.8) is 0 Å². The number of carbonyl (C=O) groups is 2. The fraction of sp³-hybridized carbons (Fsp3) is 0.406. The van der Waals surface area contributed by atoms with Crippen LogP contribution in [0.15, 0.2) is 54.9 Å². The van der Waals surface area contributed by atoms with Crippen molar-refractivity contribution in [2.75, 3.05) is 11.9 Å². The maximum Gasteiger partial charge on any atom is 0.420 e. The number of nitrogens with zero attached hydrogens (tertiary/aromatic N) is 5. The predicted octanol–water partition coefficient (Wildman–Crippen LogP) is 7.94. The van der Waals surface area contributed by atoms with E-state index in [1.807, 2.05) is 44.2 Å². The van der Waals surface area contributed by atoms with Gasteiger partial charge in [0, 0.05) is 41.5 Å². The Hall–Kier alpha value is -4.39. The Morgan fingerprint density at radius 3 is 2.46 bits per heavy atom. The van der Waals surface area contributed by atoms with Gasteiger partial charge in [-0.2, -0.15) is 13.2 Å². The fourth-order valence-corrected chi connectivity index (χ4v) is 5.37. The van der Waals surface area contributed by atoms with Crippen LogP contribution in [0.3, 0.4) is 0 Å². The highest BCUT2D eigenvalue weighted by Gasteiger charge is 2.40. The lowest BCUT2D eigenvalue weighted by Crippen LogP contribution is -2.56. The number of halogens is 4. The van der Waals surface area contributed by atoms with Gasteiger partial charge in [0.2, 0.25) is 5.95 Å². The molecule has 1 aromatic carbocycles. The van der Waals surface area contributed by atoms with Crippen LogP contribution in [0.5, 0.6) is 0 Å². The van der Waals surface area contributed by atoms with E-state index in [0.29, 0.717) is 19.0 Å². The van der Waals surface area contributed by atoms with Gasteiger partial charge in [0.1, 0.15) is 22.9 Å². The van der Waals surface area contributed by atoms with Crippen LogP contribution >= 0.6 is 11.6 Å². The zero-order valence-electron chi connectivity index (χ0n) is 26.0. The number of benzene rings is 1. The highest BCUT2D eigenvalue weighted by Crippen LogP contribution is 2.40. The minimum Gasteiger partial charge on any atom is -0.445 e. The summed E-state index contributed by atoms with van der Waals surface area (Å²) in [5.74, 6) is -0.0783. The SMILES string of the molecule is CC(C)(C)OC(=O)n1cc(-c2nc(N[C@H]3CCC(C)(C)N(C(=O)OCc4ccccc4)C3)ncc2C(F)(F)F)c2ccc(Cl)nc21. The molecule has 244 valence electrons. The molecule has 1 fully saturated rings. The van der Waals surface area contributed by atoms with E-state index in [4.69, 9.17) is 21.1 Å². The monoisotopic (exact) mass is 658 g/mol. The van der Waals surface area contributed by atoms with Crippen molar-refractivity contribution >= 4 is 40.8 Å². The molecule has 0 spiro atoms. The smallest absolute Gasteiger partial charge is 0.420 e. The molecule has 4 aromatic rings. The van der Waals surface area contributed by atoms with Crippen LogP contribution in [-0.2, 0) is 22.3 Å². The zero-order chi connectivity index (χ0) is 33.4. The Labute approximate surface area is 268 Å². The number of pyridine rings is 1. The average molecular weight is 659 g/mol. The Balaban J connectivity index is 1.46. The molecular weight excluding hydrogens is 625 g/mol. The molecule has 1 N–H and O–H groups in total. The number of hydrogen-bond donors (Lipinski definition) is 1. The summed E-state index contributed by atoms with van der Waals surface area (Å²) in [6.45, 7) is 9.17. The van der Waals surface area contributed by atoms with Crippen LogP contribution in [0.4, 0.5) is 28.7 Å². The lowest BCUT2D eigenvalue weighted by Gasteiger charge is -2.44. The molecule has 0 unspecified atom stereocenters. The van der Waals surface area contributed by atoms with Crippen LogP contribution in [-0.4, -0.2) is 60.3 Å². The number of alkyl halides is 3. The number of likely N-dealkylation sites (tertiary alicyclic amines) is 1. The van der Waals surface area contributed by atoms with Gasteiger partial charge in [0.05, 0.1) is 5.69 Å². The van der Waals surface area contributed by atoms with Crippen molar-refractivity contribution < 1.29 is 32.2 Å². The zero-order valence-corrected chi connectivity index (χ0v) is 26.7. The highest BCUT2D eigenvalue weighted by molar-refractivity contribution is 6.29. The molecule has 0 bridgehead atoms. The molecular formula is C32H34ClF3N6O4. The van der Waals surface area contributed by atoms with Crippen molar-refractivity contribution in [3.05, 3.63) is 71.1 Å². The Morgan fingerprint density at radius 1 is 1.07 bits per heavy atom. The molecule has 5 rings (SSSR count). The molecule has 1 aliphatic rings. The van der Waals surface area contributed by atoms with Gasteiger partial charge in [0.25, 0.3) is 0 Å². The molecule has 1 amide bonds. The minimum atomic E-state index is -4.82. The third-order valence-corrected chi connectivity index (χ3v) is 7.76. The number of hydrogen-bond acceptors (Lipinski definition) is 8. The molecule has 1 aliphatic heterocycles. The maximum absolute atomic E-state index is 14.3. The second kappa shape index (κ2) is 12.4. The van der Waals surface area contributed by atoms with Crippen molar-refractivity contribution in [2.45, 2.75) is 77.4 Å². The number of ether oxygens (including phenoxy) is 2. The van der Waals surface area contributed by atoms with E-state index in [-0.39, 0.29) is 46.9 Å². The normalized spacial score (nSPS) is 16.7. The van der Waals surface area contributed by atoms with E-state index in [9.17, 15) is 22.8 Å². The van der Waals surface area contributed by atoms with Gasteiger partial charge in [0.15, 0.2) is 5.65 Å². The van der Waals surface area contributed by atoms with Crippen LogP contribution < -0.4 is 5.32 Å². The number of carbonyl (C=O) groups excluding carboxylic acids is 2. The van der Waals surface area contributed by atoms with Gasteiger partial charge in [-0.15, -0.1) is 0 Å². The van der Waals surface area contributed by atoms with Crippen molar-refractivity contribution in [3.8, 4) is 11.3 Å². The van der Waals surface area contributed by atoms with E-state index in [0.717, 1.165) is 10.1 Å². The lowest BCUT2D eigenvalue weighted by molar-refractivity contribution is -0.137. The summed E-state index contributed by atoms with van der Waals surface area (Å²) in [5, 5.41) is 3.35. The van der Waals surface area contributed by atoms with E-state index < -0.39 is 40.8 Å². The molecule has 0 saturated carbocycles. The summed E-state index contributed by atoms with van der Waals surface area (Å²) in [4.78, 5) is 40.3. The van der Waals surface area contributed by atoms with Gasteiger partial charge < -0.3 is 19.7 Å². The number of rotatable bonds is 5.